The van der Waals surface area contributed by atoms with Gasteiger partial charge in [0.15, 0.2) is 0 Å². The molecular formula is C7H7F9O9S3. The number of rotatable bonds is 9. The lowest BCUT2D eigenvalue weighted by atomic mass is 10.3. The molecule has 170 valence electrons. The first kappa shape index (κ1) is 27.1. The highest BCUT2D eigenvalue weighted by Crippen LogP contribution is 2.29. The molecule has 9 nitrogen and oxygen atoms in total. The van der Waals surface area contributed by atoms with Crippen molar-refractivity contribution in [2.45, 2.75) is 29.0 Å². The molecule has 0 saturated carbocycles. The Morgan fingerprint density at radius 3 is 1.32 bits per heavy atom. The zero-order chi connectivity index (χ0) is 22.8. The van der Waals surface area contributed by atoms with Gasteiger partial charge in [-0.3, -0.25) is 12.5 Å². The Balaban J connectivity index is 5.37. The average Bonchev–Trinajstić information content (AvgIpc) is 2.40. The van der Waals surface area contributed by atoms with Crippen LogP contribution in [-0.2, 0) is 42.9 Å². The molecule has 0 rings (SSSR count). The van der Waals surface area contributed by atoms with E-state index in [4.69, 9.17) is 0 Å². The number of hydrogen-bond donors (Lipinski definition) is 0. The van der Waals surface area contributed by atoms with E-state index in [9.17, 15) is 64.8 Å². The van der Waals surface area contributed by atoms with Gasteiger partial charge in [-0.1, -0.05) is 0 Å². The third-order valence-corrected chi connectivity index (χ3v) is 5.35. The third kappa shape index (κ3) is 7.50. The van der Waals surface area contributed by atoms with Crippen LogP contribution in [0.2, 0.25) is 0 Å². The zero-order valence-corrected chi connectivity index (χ0v) is 14.9. The Hall–Kier alpha value is -0.900. The molecule has 0 saturated heterocycles. The van der Waals surface area contributed by atoms with E-state index in [1.165, 1.54) is 0 Å². The molecule has 0 aliphatic heterocycles. The van der Waals surface area contributed by atoms with Crippen molar-refractivity contribution in [1.82, 2.24) is 0 Å². The summed E-state index contributed by atoms with van der Waals surface area (Å²) in [5.41, 5.74) is -18.2. The molecule has 21 heteroatoms. The lowest BCUT2D eigenvalue weighted by Crippen LogP contribution is -2.36. The molecule has 0 heterocycles. The molecule has 0 N–H and O–H groups in total. The van der Waals surface area contributed by atoms with Crippen LogP contribution >= 0.6 is 0 Å². The lowest BCUT2D eigenvalue weighted by molar-refractivity contribution is -0.0647. The Bertz CT molecular complexity index is 835. The monoisotopic (exact) mass is 502 g/mol. The van der Waals surface area contributed by atoms with Gasteiger partial charge in [0.1, 0.15) is 6.10 Å². The molecule has 0 bridgehead atoms. The average molecular weight is 502 g/mol. The predicted molar refractivity (Wildman–Crippen MR) is 66.3 cm³/mol. The second-order valence-corrected chi connectivity index (χ2v) is 9.09. The zero-order valence-electron chi connectivity index (χ0n) is 12.5. The second kappa shape index (κ2) is 8.45. The molecule has 0 amide bonds. The van der Waals surface area contributed by atoms with E-state index in [0.29, 0.717) is 0 Å². The van der Waals surface area contributed by atoms with Gasteiger partial charge in [-0.15, -0.1) is 0 Å². The maximum Gasteiger partial charge on any atom is 0.523 e. The summed E-state index contributed by atoms with van der Waals surface area (Å²) < 4.78 is 183. The Labute approximate surface area is 150 Å². The van der Waals surface area contributed by atoms with E-state index < -0.39 is 72.6 Å². The van der Waals surface area contributed by atoms with Gasteiger partial charge in [-0.2, -0.15) is 64.8 Å². The summed E-state index contributed by atoms with van der Waals surface area (Å²) >= 11 is 0. The van der Waals surface area contributed by atoms with E-state index in [1.54, 1.807) is 0 Å². The topological polar surface area (TPSA) is 130 Å². The number of halogens is 9. The Morgan fingerprint density at radius 1 is 0.607 bits per heavy atom. The first-order valence-corrected chi connectivity index (χ1v) is 10.2. The Kier molecular flexibility index (Phi) is 8.18. The smallest absolute Gasteiger partial charge is 0.263 e. The lowest BCUT2D eigenvalue weighted by Gasteiger charge is -2.19. The SMILES string of the molecule is O=S(=O)(OCCC(COS(=O)(=O)C(F)(F)F)OS(=O)(=O)C(F)(F)F)C(F)(F)F. The van der Waals surface area contributed by atoms with Gasteiger partial charge in [0, 0.05) is 6.42 Å². The largest absolute Gasteiger partial charge is 0.523 e. The summed E-state index contributed by atoms with van der Waals surface area (Å²) in [5, 5.41) is 0. The first-order chi connectivity index (χ1) is 12.0. The highest BCUT2D eigenvalue weighted by molar-refractivity contribution is 7.88. The van der Waals surface area contributed by atoms with E-state index in [1.807, 2.05) is 0 Å². The predicted octanol–water partition coefficient (Wildman–Crippen LogP) is 1.34. The summed E-state index contributed by atoms with van der Waals surface area (Å²) in [4.78, 5) is 0. The summed E-state index contributed by atoms with van der Waals surface area (Å²) in [6.07, 6.45) is -4.40. The van der Waals surface area contributed by atoms with Gasteiger partial charge < -0.3 is 0 Å². The number of hydrogen-bond acceptors (Lipinski definition) is 9. The summed E-state index contributed by atoms with van der Waals surface area (Å²) in [6, 6.07) is 0. The summed E-state index contributed by atoms with van der Waals surface area (Å²) in [7, 11) is -19.3. The highest BCUT2D eigenvalue weighted by atomic mass is 32.2. The van der Waals surface area contributed by atoms with Crippen molar-refractivity contribution in [2.24, 2.45) is 0 Å². The van der Waals surface area contributed by atoms with E-state index in [0.717, 1.165) is 0 Å². The van der Waals surface area contributed by atoms with E-state index >= 15 is 0 Å². The second-order valence-electron chi connectivity index (χ2n) is 4.31. The van der Waals surface area contributed by atoms with Gasteiger partial charge in [0.2, 0.25) is 0 Å². The molecule has 0 aromatic heterocycles. The molecule has 0 radical (unpaired) electrons. The quantitative estimate of drug-likeness (QED) is 0.261. The molecule has 0 aliphatic rings. The fraction of sp³-hybridized carbons (Fsp3) is 1.00. The molecule has 1 unspecified atom stereocenters. The maximum atomic E-state index is 12.2. The molecule has 0 aromatic rings. The van der Waals surface area contributed by atoms with Gasteiger partial charge >= 0.3 is 46.9 Å². The van der Waals surface area contributed by atoms with Crippen LogP contribution in [0.25, 0.3) is 0 Å². The van der Waals surface area contributed by atoms with Crippen molar-refractivity contribution >= 4 is 30.4 Å². The van der Waals surface area contributed by atoms with Crippen LogP contribution in [0, 0.1) is 0 Å². The van der Waals surface area contributed by atoms with Crippen molar-refractivity contribution in [3.63, 3.8) is 0 Å². The molecule has 0 spiro atoms. The molecule has 1 atom stereocenters. The first-order valence-electron chi connectivity index (χ1n) is 5.94. The van der Waals surface area contributed by atoms with Crippen LogP contribution in [0.1, 0.15) is 6.42 Å². The molecular weight excluding hydrogens is 495 g/mol. The molecule has 28 heavy (non-hydrogen) atoms. The molecule has 0 aromatic carbocycles. The van der Waals surface area contributed by atoms with Gasteiger partial charge in [-0.25, -0.2) is 0 Å². The fourth-order valence-corrected chi connectivity index (χ4v) is 2.51. The van der Waals surface area contributed by atoms with E-state index in [2.05, 4.69) is 12.5 Å². The molecule has 0 fully saturated rings. The van der Waals surface area contributed by atoms with E-state index in [-0.39, 0.29) is 0 Å². The maximum absolute atomic E-state index is 12.2. The fourth-order valence-electron chi connectivity index (χ4n) is 0.981. The summed E-state index contributed by atoms with van der Waals surface area (Å²) in [6.45, 7) is -3.85. The minimum atomic E-state index is -6.58. The van der Waals surface area contributed by atoms with Gasteiger partial charge in [0.05, 0.1) is 13.2 Å². The van der Waals surface area contributed by atoms with Crippen LogP contribution in [0.3, 0.4) is 0 Å². The highest BCUT2D eigenvalue weighted by Gasteiger charge is 2.51. The van der Waals surface area contributed by atoms with Gasteiger partial charge in [-0.05, 0) is 0 Å². The van der Waals surface area contributed by atoms with Crippen molar-refractivity contribution in [2.75, 3.05) is 13.2 Å². The van der Waals surface area contributed by atoms with Gasteiger partial charge in [0.25, 0.3) is 0 Å². The van der Waals surface area contributed by atoms with Crippen molar-refractivity contribution < 1.29 is 77.3 Å². The van der Waals surface area contributed by atoms with Crippen molar-refractivity contribution in [1.29, 1.82) is 0 Å². The van der Waals surface area contributed by atoms with Crippen LogP contribution in [0.4, 0.5) is 39.5 Å². The minimum absolute atomic E-state index is 1.57. The molecule has 0 aliphatic carbocycles. The van der Waals surface area contributed by atoms with Crippen LogP contribution in [0.15, 0.2) is 0 Å². The normalized spacial score (nSPS) is 16.2. The standard InChI is InChI=1S/C7H7F9O9S3/c8-5(9,10)26(17,18)23-2-1-4(25-28(21,22)7(14,15)16)3-24-27(19,20)6(11,12)13/h4H,1-3H2. The van der Waals surface area contributed by atoms with Crippen LogP contribution in [0.5, 0.6) is 0 Å². The number of alkyl halides is 9. The third-order valence-electron chi connectivity index (χ3n) is 2.20. The summed E-state index contributed by atoms with van der Waals surface area (Å²) in [5.74, 6) is 0. The Morgan fingerprint density at radius 2 is 0.964 bits per heavy atom. The van der Waals surface area contributed by atoms with Crippen LogP contribution < -0.4 is 0 Å². The minimum Gasteiger partial charge on any atom is -0.263 e. The van der Waals surface area contributed by atoms with Crippen LogP contribution in [-0.4, -0.2) is 61.1 Å². The van der Waals surface area contributed by atoms with Crippen molar-refractivity contribution in [3.05, 3.63) is 0 Å². The van der Waals surface area contributed by atoms with Crippen molar-refractivity contribution in [3.8, 4) is 0 Å².